The van der Waals surface area contributed by atoms with Crippen LogP contribution in [0.25, 0.3) is 11.4 Å². The number of nitrogens with one attached hydrogen (secondary N) is 1. The Morgan fingerprint density at radius 1 is 1.37 bits per heavy atom. The summed E-state index contributed by atoms with van der Waals surface area (Å²) in [7, 11) is 1.44. The molecular formula is C13H14N2O4. The maximum absolute atomic E-state index is 11.7. The molecule has 6 nitrogen and oxygen atoms in total. The molecule has 0 spiro atoms. The summed E-state index contributed by atoms with van der Waals surface area (Å²) in [6.45, 7) is 1.75. The van der Waals surface area contributed by atoms with Gasteiger partial charge in [-0.05, 0) is 24.6 Å². The first-order valence-corrected chi connectivity index (χ1v) is 5.76. The molecule has 0 saturated heterocycles. The van der Waals surface area contributed by atoms with Crippen LogP contribution in [-0.2, 0) is 6.42 Å². The van der Waals surface area contributed by atoms with Gasteiger partial charge in [-0.2, -0.15) is 4.98 Å². The lowest BCUT2D eigenvalue weighted by Gasteiger charge is -2.07. The van der Waals surface area contributed by atoms with Crippen molar-refractivity contribution >= 4 is 0 Å². The van der Waals surface area contributed by atoms with Gasteiger partial charge in [-0.3, -0.25) is 4.79 Å². The van der Waals surface area contributed by atoms with Crippen LogP contribution < -0.4 is 10.3 Å². The number of phenolic OH excluding ortho intramolecular Hbond substituents is 1. The van der Waals surface area contributed by atoms with E-state index in [-0.39, 0.29) is 28.6 Å². The van der Waals surface area contributed by atoms with E-state index < -0.39 is 0 Å². The molecule has 0 amide bonds. The second-order valence-corrected chi connectivity index (χ2v) is 3.96. The van der Waals surface area contributed by atoms with Crippen LogP contribution in [-0.4, -0.2) is 27.3 Å². The summed E-state index contributed by atoms with van der Waals surface area (Å²) in [4.78, 5) is 18.2. The van der Waals surface area contributed by atoms with Gasteiger partial charge in [0.15, 0.2) is 11.5 Å². The summed E-state index contributed by atoms with van der Waals surface area (Å²) in [5.41, 5.74) is 0.329. The molecule has 1 heterocycles. The monoisotopic (exact) mass is 262 g/mol. The fourth-order valence-electron chi connectivity index (χ4n) is 1.78. The van der Waals surface area contributed by atoms with Gasteiger partial charge in [0, 0.05) is 5.56 Å². The summed E-state index contributed by atoms with van der Waals surface area (Å²) in [6.07, 6.45) is 0.391. The van der Waals surface area contributed by atoms with Crippen molar-refractivity contribution in [2.45, 2.75) is 13.3 Å². The smallest absolute Gasteiger partial charge is 0.258 e. The molecule has 2 aromatic rings. The van der Waals surface area contributed by atoms with E-state index >= 15 is 0 Å². The maximum atomic E-state index is 11.7. The van der Waals surface area contributed by atoms with Crippen LogP contribution in [0.15, 0.2) is 23.0 Å². The van der Waals surface area contributed by atoms with Gasteiger partial charge in [0.25, 0.3) is 5.56 Å². The number of aromatic hydroxyl groups is 2. The molecule has 0 aliphatic heterocycles. The van der Waals surface area contributed by atoms with Gasteiger partial charge in [0.05, 0.1) is 12.7 Å². The van der Waals surface area contributed by atoms with E-state index in [0.717, 1.165) is 0 Å². The molecule has 0 atom stereocenters. The Morgan fingerprint density at radius 3 is 2.63 bits per heavy atom. The van der Waals surface area contributed by atoms with Crippen molar-refractivity contribution in [3.63, 3.8) is 0 Å². The third kappa shape index (κ3) is 2.37. The third-order valence-electron chi connectivity index (χ3n) is 2.80. The van der Waals surface area contributed by atoms with Crippen LogP contribution in [0, 0.1) is 0 Å². The first-order chi connectivity index (χ1) is 9.06. The first-order valence-electron chi connectivity index (χ1n) is 5.76. The van der Waals surface area contributed by atoms with E-state index in [0.29, 0.717) is 17.7 Å². The molecule has 19 heavy (non-hydrogen) atoms. The van der Waals surface area contributed by atoms with Crippen LogP contribution in [0.3, 0.4) is 0 Å². The first kappa shape index (κ1) is 12.9. The number of phenols is 1. The standard InChI is InChI=1S/C13H14N2O4/c1-3-8-12(17)14-11(15-13(8)18)7-4-5-10(19-2)9(16)6-7/h4-6,16H,3H2,1-2H3,(H2,14,15,17,18). The van der Waals surface area contributed by atoms with E-state index in [1.165, 1.54) is 13.2 Å². The molecule has 0 aliphatic carbocycles. The molecule has 2 rings (SSSR count). The van der Waals surface area contributed by atoms with Crippen LogP contribution in [0.4, 0.5) is 0 Å². The van der Waals surface area contributed by atoms with Gasteiger partial charge in [-0.15, -0.1) is 0 Å². The van der Waals surface area contributed by atoms with Crippen LogP contribution in [0.1, 0.15) is 12.5 Å². The summed E-state index contributed by atoms with van der Waals surface area (Å²) in [5.74, 6) is 0.149. The number of hydrogen-bond donors (Lipinski definition) is 3. The van der Waals surface area contributed by atoms with E-state index in [2.05, 4.69) is 9.97 Å². The predicted octanol–water partition coefficient (Wildman–Crippen LogP) is 1.42. The fraction of sp³-hybridized carbons (Fsp3) is 0.231. The number of benzene rings is 1. The van der Waals surface area contributed by atoms with Crippen LogP contribution in [0.5, 0.6) is 17.4 Å². The van der Waals surface area contributed by atoms with Crippen molar-refractivity contribution < 1.29 is 14.9 Å². The normalized spacial score (nSPS) is 10.4. The van der Waals surface area contributed by atoms with Crippen molar-refractivity contribution in [3.05, 3.63) is 34.1 Å². The highest BCUT2D eigenvalue weighted by Crippen LogP contribution is 2.30. The number of H-pyrrole nitrogens is 1. The van der Waals surface area contributed by atoms with Crippen molar-refractivity contribution in [2.24, 2.45) is 0 Å². The Kier molecular flexibility index (Phi) is 3.41. The molecule has 0 fully saturated rings. The molecule has 0 bridgehead atoms. The predicted molar refractivity (Wildman–Crippen MR) is 69.6 cm³/mol. The SMILES string of the molecule is CCc1c(O)nc(-c2ccc(OC)c(O)c2)[nH]c1=O. The minimum absolute atomic E-state index is 0.0679. The zero-order chi connectivity index (χ0) is 14.0. The van der Waals surface area contributed by atoms with Gasteiger partial charge in [-0.25, -0.2) is 0 Å². The van der Waals surface area contributed by atoms with Crippen LogP contribution >= 0.6 is 0 Å². The Morgan fingerprint density at radius 2 is 2.11 bits per heavy atom. The maximum Gasteiger partial charge on any atom is 0.258 e. The third-order valence-corrected chi connectivity index (χ3v) is 2.80. The second kappa shape index (κ2) is 5.01. The molecule has 1 aromatic heterocycles. The molecule has 0 saturated carbocycles. The fourth-order valence-corrected chi connectivity index (χ4v) is 1.78. The van der Waals surface area contributed by atoms with Gasteiger partial charge < -0.3 is 19.9 Å². The highest BCUT2D eigenvalue weighted by atomic mass is 16.5. The van der Waals surface area contributed by atoms with Crippen LogP contribution in [0.2, 0.25) is 0 Å². The quantitative estimate of drug-likeness (QED) is 0.777. The molecule has 0 unspecified atom stereocenters. The Hall–Kier alpha value is -2.50. The van der Waals surface area contributed by atoms with E-state index in [9.17, 15) is 15.0 Å². The van der Waals surface area contributed by atoms with Gasteiger partial charge in [0.2, 0.25) is 5.88 Å². The zero-order valence-corrected chi connectivity index (χ0v) is 10.6. The lowest BCUT2D eigenvalue weighted by Crippen LogP contribution is -2.14. The molecule has 0 aliphatic rings. The lowest BCUT2D eigenvalue weighted by molar-refractivity contribution is 0.373. The zero-order valence-electron chi connectivity index (χ0n) is 10.6. The number of aromatic amines is 1. The molecule has 1 aromatic carbocycles. The largest absolute Gasteiger partial charge is 0.504 e. The molecule has 100 valence electrons. The van der Waals surface area contributed by atoms with Crippen molar-refractivity contribution in [2.75, 3.05) is 7.11 Å². The Bertz CT molecular complexity index is 664. The number of rotatable bonds is 3. The molecular weight excluding hydrogens is 248 g/mol. The molecule has 3 N–H and O–H groups in total. The number of hydrogen-bond acceptors (Lipinski definition) is 5. The van der Waals surface area contributed by atoms with Crippen molar-refractivity contribution in [1.82, 2.24) is 9.97 Å². The Labute approximate surface area is 109 Å². The van der Waals surface area contributed by atoms with E-state index in [1.54, 1.807) is 19.1 Å². The average molecular weight is 262 g/mol. The summed E-state index contributed by atoms with van der Waals surface area (Å²) in [6, 6.07) is 4.58. The van der Waals surface area contributed by atoms with Gasteiger partial charge in [-0.1, -0.05) is 6.92 Å². The number of aromatic nitrogens is 2. The number of ether oxygens (including phenoxy) is 1. The van der Waals surface area contributed by atoms with Gasteiger partial charge >= 0.3 is 0 Å². The minimum atomic E-state index is -0.389. The summed E-state index contributed by atoms with van der Waals surface area (Å²) < 4.78 is 4.93. The van der Waals surface area contributed by atoms with Crippen molar-refractivity contribution in [3.8, 4) is 28.8 Å². The summed E-state index contributed by atoms with van der Waals surface area (Å²) in [5, 5.41) is 19.4. The highest BCUT2D eigenvalue weighted by molar-refractivity contribution is 5.61. The Balaban J connectivity index is 2.54. The topological polar surface area (TPSA) is 95.4 Å². The minimum Gasteiger partial charge on any atom is -0.504 e. The van der Waals surface area contributed by atoms with Gasteiger partial charge in [0.1, 0.15) is 5.82 Å². The highest BCUT2D eigenvalue weighted by Gasteiger charge is 2.11. The van der Waals surface area contributed by atoms with E-state index in [1.807, 2.05) is 0 Å². The number of nitrogens with zero attached hydrogens (tertiary/aromatic N) is 1. The summed E-state index contributed by atoms with van der Waals surface area (Å²) >= 11 is 0. The number of methoxy groups -OCH3 is 1. The lowest BCUT2D eigenvalue weighted by atomic mass is 10.1. The molecule has 0 radical (unpaired) electrons. The van der Waals surface area contributed by atoms with Crippen molar-refractivity contribution in [1.29, 1.82) is 0 Å². The molecule has 6 heteroatoms. The van der Waals surface area contributed by atoms with E-state index in [4.69, 9.17) is 4.74 Å². The second-order valence-electron chi connectivity index (χ2n) is 3.96. The average Bonchev–Trinajstić information content (AvgIpc) is 2.38.